The molecule has 0 aliphatic carbocycles. The topological polar surface area (TPSA) is 0 Å². The van der Waals surface area contributed by atoms with E-state index in [4.69, 9.17) is 0 Å². The van der Waals surface area contributed by atoms with E-state index in [1.165, 1.54) is 58.6 Å². The Labute approximate surface area is 170 Å². The van der Waals surface area contributed by atoms with Crippen LogP contribution >= 0.6 is 11.8 Å². The highest BCUT2D eigenvalue weighted by molar-refractivity contribution is 7.99. The van der Waals surface area contributed by atoms with E-state index in [-0.39, 0.29) is 0 Å². The molecule has 0 atom stereocenters. The third-order valence-corrected chi connectivity index (χ3v) is 5.61. The van der Waals surface area contributed by atoms with Gasteiger partial charge in [0.15, 0.2) is 0 Å². The Kier molecular flexibility index (Phi) is 9.79. The molecule has 0 radical (unpaired) electrons. The van der Waals surface area contributed by atoms with Crippen molar-refractivity contribution < 1.29 is 0 Å². The largest absolute Gasteiger partial charge is 0.126 e. The van der Waals surface area contributed by atoms with Crippen LogP contribution < -0.4 is 0 Å². The van der Waals surface area contributed by atoms with Gasteiger partial charge in [0.25, 0.3) is 0 Å². The van der Waals surface area contributed by atoms with E-state index in [0.29, 0.717) is 0 Å². The number of aryl methyl sites for hydroxylation is 4. The summed E-state index contributed by atoms with van der Waals surface area (Å²) in [7, 11) is 0. The summed E-state index contributed by atoms with van der Waals surface area (Å²) in [5, 5.41) is 0. The third-order valence-electron chi connectivity index (χ3n) is 4.39. The molecule has 0 heterocycles. The van der Waals surface area contributed by atoms with E-state index < -0.39 is 0 Å². The van der Waals surface area contributed by atoms with Crippen LogP contribution in [-0.2, 0) is 12.8 Å². The van der Waals surface area contributed by atoms with Gasteiger partial charge < -0.3 is 0 Å². The van der Waals surface area contributed by atoms with Gasteiger partial charge in [-0.2, -0.15) is 0 Å². The van der Waals surface area contributed by atoms with Gasteiger partial charge in [-0.05, 0) is 68.5 Å². The van der Waals surface area contributed by atoms with Crippen LogP contribution in [0, 0.1) is 13.8 Å². The quantitative estimate of drug-likeness (QED) is 0.381. The summed E-state index contributed by atoms with van der Waals surface area (Å²) in [4.78, 5) is 1.39. The molecule has 0 saturated heterocycles. The van der Waals surface area contributed by atoms with E-state index in [9.17, 15) is 0 Å². The molecule has 27 heavy (non-hydrogen) atoms. The maximum atomic E-state index is 2.24. The fraction of sp³-hybridized carbons (Fsp3) is 0.308. The highest BCUT2D eigenvalue weighted by Crippen LogP contribution is 2.18. The normalized spacial score (nSPS) is 10.2. The summed E-state index contributed by atoms with van der Waals surface area (Å²) in [6, 6.07) is 28.3. The van der Waals surface area contributed by atoms with Crippen LogP contribution in [0.5, 0.6) is 0 Å². The lowest BCUT2D eigenvalue weighted by molar-refractivity contribution is 0.820. The molecule has 0 spiro atoms. The number of benzene rings is 3. The minimum absolute atomic E-state index is 1.18. The van der Waals surface area contributed by atoms with Crippen molar-refractivity contribution in [2.24, 2.45) is 0 Å². The molecular formula is C26H32S. The molecule has 0 N–H and O–H groups in total. The first kappa shape index (κ1) is 21.3. The lowest BCUT2D eigenvalue weighted by atomic mass is 10.0. The standard InChI is InChI=1S/C16H18.C10H14S/c1-14-10-12-16(13-11-14)9-5-8-15-6-3-2-4-7-15;1-3-8-11-10-6-4-9(2)5-7-10/h2-4,6-7,10-13H,5,8-9H2,1H3;4-7H,3,8H2,1-2H3. The first-order chi connectivity index (χ1) is 13.2. The Morgan fingerprint density at radius 2 is 1.15 bits per heavy atom. The molecule has 3 aromatic carbocycles. The van der Waals surface area contributed by atoms with E-state index in [1.807, 2.05) is 11.8 Å². The van der Waals surface area contributed by atoms with Crippen molar-refractivity contribution >= 4 is 11.8 Å². The SMILES string of the molecule is CCCSc1ccc(C)cc1.Cc1ccc(CCCc2ccccc2)cc1. The van der Waals surface area contributed by atoms with Crippen molar-refractivity contribution in [1.29, 1.82) is 0 Å². The van der Waals surface area contributed by atoms with Gasteiger partial charge in [0.1, 0.15) is 0 Å². The average molecular weight is 377 g/mol. The summed E-state index contributed by atoms with van der Waals surface area (Å²) >= 11 is 1.93. The zero-order valence-corrected chi connectivity index (χ0v) is 17.8. The summed E-state index contributed by atoms with van der Waals surface area (Å²) < 4.78 is 0. The van der Waals surface area contributed by atoms with E-state index in [2.05, 4.69) is 99.6 Å². The minimum atomic E-state index is 1.18. The molecule has 142 valence electrons. The molecule has 0 bridgehead atoms. The number of thioether (sulfide) groups is 1. The maximum Gasteiger partial charge on any atom is 0.00721 e. The summed E-state index contributed by atoms with van der Waals surface area (Å²) in [5.74, 6) is 1.23. The molecule has 0 saturated carbocycles. The van der Waals surface area contributed by atoms with Crippen LogP contribution in [-0.4, -0.2) is 5.75 Å². The monoisotopic (exact) mass is 376 g/mol. The predicted molar refractivity (Wildman–Crippen MR) is 122 cm³/mol. The Morgan fingerprint density at radius 1 is 0.630 bits per heavy atom. The molecule has 3 rings (SSSR count). The van der Waals surface area contributed by atoms with Crippen molar-refractivity contribution in [2.75, 3.05) is 5.75 Å². The molecule has 0 nitrogen and oxygen atoms in total. The highest BCUT2D eigenvalue weighted by atomic mass is 32.2. The minimum Gasteiger partial charge on any atom is -0.126 e. The highest BCUT2D eigenvalue weighted by Gasteiger charge is 1.95. The molecule has 3 aromatic rings. The Hall–Kier alpha value is -1.99. The van der Waals surface area contributed by atoms with E-state index in [1.54, 1.807) is 0 Å². The van der Waals surface area contributed by atoms with Crippen LogP contribution in [0.4, 0.5) is 0 Å². The van der Waals surface area contributed by atoms with Gasteiger partial charge in [0, 0.05) is 4.90 Å². The fourth-order valence-corrected chi connectivity index (χ4v) is 3.52. The summed E-state index contributed by atoms with van der Waals surface area (Å²) in [5.41, 5.74) is 5.56. The van der Waals surface area contributed by atoms with Crippen molar-refractivity contribution in [3.05, 3.63) is 101 Å². The number of rotatable bonds is 7. The van der Waals surface area contributed by atoms with Gasteiger partial charge in [0.05, 0.1) is 0 Å². The first-order valence-corrected chi connectivity index (χ1v) is 10.9. The van der Waals surface area contributed by atoms with Crippen molar-refractivity contribution in [3.8, 4) is 0 Å². The Bertz CT molecular complexity index is 742. The Morgan fingerprint density at radius 3 is 1.70 bits per heavy atom. The average Bonchev–Trinajstić information content (AvgIpc) is 2.70. The second kappa shape index (κ2) is 12.4. The van der Waals surface area contributed by atoms with Gasteiger partial charge in [-0.15, -0.1) is 11.8 Å². The second-order valence-corrected chi connectivity index (χ2v) is 8.15. The maximum absolute atomic E-state index is 2.24. The van der Waals surface area contributed by atoms with Crippen LogP contribution in [0.1, 0.15) is 42.0 Å². The van der Waals surface area contributed by atoms with Crippen LogP contribution in [0.15, 0.2) is 83.8 Å². The molecular weight excluding hydrogens is 344 g/mol. The first-order valence-electron chi connectivity index (χ1n) is 9.96. The van der Waals surface area contributed by atoms with Gasteiger partial charge in [0.2, 0.25) is 0 Å². The molecule has 1 heteroatoms. The molecule has 0 aliphatic heterocycles. The zero-order chi connectivity index (χ0) is 19.3. The predicted octanol–water partition coefficient (Wildman–Crippen LogP) is 7.67. The van der Waals surface area contributed by atoms with Gasteiger partial charge in [-0.3, -0.25) is 0 Å². The van der Waals surface area contributed by atoms with Crippen molar-refractivity contribution in [1.82, 2.24) is 0 Å². The molecule has 0 aliphatic rings. The lowest BCUT2D eigenvalue weighted by Gasteiger charge is -2.02. The van der Waals surface area contributed by atoms with Gasteiger partial charge in [-0.25, -0.2) is 0 Å². The third kappa shape index (κ3) is 8.97. The van der Waals surface area contributed by atoms with Crippen LogP contribution in [0.2, 0.25) is 0 Å². The molecule has 0 amide bonds. The number of hydrogen-bond donors (Lipinski definition) is 0. The lowest BCUT2D eigenvalue weighted by Crippen LogP contribution is -1.89. The summed E-state index contributed by atoms with van der Waals surface area (Å²) in [6.45, 7) is 6.46. The van der Waals surface area contributed by atoms with Crippen LogP contribution in [0.25, 0.3) is 0 Å². The molecule has 0 unspecified atom stereocenters. The van der Waals surface area contributed by atoms with Gasteiger partial charge >= 0.3 is 0 Å². The Balaban J connectivity index is 0.000000208. The molecule has 0 fully saturated rings. The fourth-order valence-electron chi connectivity index (χ4n) is 2.75. The van der Waals surface area contributed by atoms with E-state index >= 15 is 0 Å². The van der Waals surface area contributed by atoms with Crippen molar-refractivity contribution in [3.63, 3.8) is 0 Å². The summed E-state index contributed by atoms with van der Waals surface area (Å²) in [6.07, 6.45) is 4.83. The van der Waals surface area contributed by atoms with Crippen molar-refractivity contribution in [2.45, 2.75) is 51.3 Å². The number of hydrogen-bond acceptors (Lipinski definition) is 1. The zero-order valence-electron chi connectivity index (χ0n) is 16.9. The van der Waals surface area contributed by atoms with Gasteiger partial charge in [-0.1, -0.05) is 84.8 Å². The van der Waals surface area contributed by atoms with E-state index in [0.717, 1.165) is 0 Å². The second-order valence-electron chi connectivity index (χ2n) is 6.99. The van der Waals surface area contributed by atoms with Crippen LogP contribution in [0.3, 0.4) is 0 Å². The smallest absolute Gasteiger partial charge is 0.00721 e. The molecule has 0 aromatic heterocycles.